The zero-order chi connectivity index (χ0) is 11.8. The van der Waals surface area contributed by atoms with Gasteiger partial charge >= 0.3 is 0 Å². The predicted octanol–water partition coefficient (Wildman–Crippen LogP) is 2.23. The zero-order valence-corrected chi connectivity index (χ0v) is 10.1. The first-order valence-electron chi connectivity index (χ1n) is 4.84. The lowest BCUT2D eigenvalue weighted by Gasteiger charge is -2.08. The Balaban J connectivity index is 1.90. The minimum atomic E-state index is -0.306. The van der Waals surface area contributed by atoms with Crippen molar-refractivity contribution in [3.63, 3.8) is 0 Å². The normalized spacial score (nSPS) is 15.2. The van der Waals surface area contributed by atoms with Crippen molar-refractivity contribution in [3.8, 4) is 0 Å². The maximum atomic E-state index is 11.4. The minimum Gasteiger partial charge on any atom is -0.268 e. The summed E-state index contributed by atoms with van der Waals surface area (Å²) in [5.41, 5.74) is 0.882. The summed E-state index contributed by atoms with van der Waals surface area (Å²) in [5.74, 6) is -0.612. The number of fused-ring (bicyclic) bond motifs is 1. The molecule has 6 heteroatoms. The topological polar surface area (TPSA) is 50.3 Å². The molecule has 0 bridgehead atoms. The Hall–Kier alpha value is -1.66. The van der Waals surface area contributed by atoms with Gasteiger partial charge in [0.1, 0.15) is 0 Å². The first-order chi connectivity index (χ1) is 8.24. The zero-order valence-electron chi connectivity index (χ0n) is 8.49. The summed E-state index contributed by atoms with van der Waals surface area (Å²) in [6, 6.07) is 7.71. The number of benzene rings is 1. The van der Waals surface area contributed by atoms with Crippen molar-refractivity contribution in [1.82, 2.24) is 9.29 Å². The number of hydrogen-bond donors (Lipinski definition) is 0. The molecule has 0 saturated carbocycles. The van der Waals surface area contributed by atoms with E-state index in [9.17, 15) is 9.59 Å². The number of carbonyl (C=O) groups is 2. The van der Waals surface area contributed by atoms with Gasteiger partial charge < -0.3 is 0 Å². The van der Waals surface area contributed by atoms with Gasteiger partial charge in [-0.25, -0.2) is 9.29 Å². The first kappa shape index (κ1) is 10.5. The van der Waals surface area contributed by atoms with E-state index in [-0.39, 0.29) is 11.8 Å². The summed E-state index contributed by atoms with van der Waals surface area (Å²) in [6.07, 6.45) is 2.53. The van der Waals surface area contributed by atoms with Crippen LogP contribution in [0.4, 0.5) is 0 Å². The van der Waals surface area contributed by atoms with Crippen LogP contribution < -0.4 is 0 Å². The number of thiazole rings is 1. The molecule has 3 rings (SSSR count). The summed E-state index contributed by atoms with van der Waals surface area (Å²) in [5, 5.41) is 0. The largest absolute Gasteiger partial charge is 0.268 e. The summed E-state index contributed by atoms with van der Waals surface area (Å²) < 4.78 is 2.84. The molecule has 17 heavy (non-hydrogen) atoms. The van der Waals surface area contributed by atoms with Gasteiger partial charge in [0.05, 0.1) is 10.2 Å². The Morgan fingerprint density at radius 1 is 1.12 bits per heavy atom. The molecular formula is C11H6N2O2S2. The third-order valence-corrected chi connectivity index (χ3v) is 4.31. The Labute approximate surface area is 105 Å². The average molecular weight is 262 g/mol. The fraction of sp³-hybridized carbons (Fsp3) is 0. The first-order valence-corrected chi connectivity index (χ1v) is 6.43. The predicted molar refractivity (Wildman–Crippen MR) is 66.5 cm³/mol. The lowest BCUT2D eigenvalue weighted by Crippen LogP contribution is -2.21. The maximum absolute atomic E-state index is 11.4. The van der Waals surface area contributed by atoms with Crippen molar-refractivity contribution in [2.75, 3.05) is 0 Å². The molecule has 0 N–H and O–H groups in total. The molecule has 1 aliphatic heterocycles. The van der Waals surface area contributed by atoms with Crippen molar-refractivity contribution in [2.24, 2.45) is 0 Å². The maximum Gasteiger partial charge on any atom is 0.264 e. The third-order valence-electron chi connectivity index (χ3n) is 2.21. The van der Waals surface area contributed by atoms with E-state index in [1.54, 1.807) is 0 Å². The Morgan fingerprint density at radius 3 is 2.53 bits per heavy atom. The standard InChI is InChI=1S/C11H6N2O2S2/c14-9-5-6-10(15)13(9)17-11-12-7-3-1-2-4-8(7)16-11/h1-6H. The van der Waals surface area contributed by atoms with E-state index in [1.807, 2.05) is 24.3 Å². The molecule has 2 aromatic rings. The van der Waals surface area contributed by atoms with Crippen molar-refractivity contribution in [1.29, 1.82) is 0 Å². The van der Waals surface area contributed by atoms with Gasteiger partial charge in [-0.05, 0) is 12.1 Å². The summed E-state index contributed by atoms with van der Waals surface area (Å²) >= 11 is 2.54. The Morgan fingerprint density at radius 2 is 1.82 bits per heavy atom. The summed E-state index contributed by atoms with van der Waals surface area (Å²) in [6.45, 7) is 0. The SMILES string of the molecule is O=C1C=CC(=O)N1Sc1nc2ccccc2s1. The lowest BCUT2D eigenvalue weighted by atomic mass is 10.3. The molecule has 1 aromatic carbocycles. The fourth-order valence-electron chi connectivity index (χ4n) is 1.44. The highest BCUT2D eigenvalue weighted by Gasteiger charge is 2.25. The van der Waals surface area contributed by atoms with Gasteiger partial charge in [-0.2, -0.15) is 0 Å². The average Bonchev–Trinajstić information content (AvgIpc) is 2.87. The van der Waals surface area contributed by atoms with Crippen LogP contribution in [0.25, 0.3) is 10.2 Å². The third kappa shape index (κ3) is 1.85. The van der Waals surface area contributed by atoms with Gasteiger partial charge in [-0.1, -0.05) is 12.1 Å². The molecule has 0 unspecified atom stereocenters. The number of amides is 2. The molecule has 84 valence electrons. The molecular weight excluding hydrogens is 256 g/mol. The van der Waals surface area contributed by atoms with E-state index >= 15 is 0 Å². The highest BCUT2D eigenvalue weighted by Crippen LogP contribution is 2.32. The number of nitrogens with zero attached hydrogens (tertiary/aromatic N) is 2. The molecule has 2 amide bonds. The number of rotatable bonds is 2. The lowest BCUT2D eigenvalue weighted by molar-refractivity contribution is -0.130. The Bertz CT molecular complexity index is 597. The smallest absolute Gasteiger partial charge is 0.264 e. The number of aromatic nitrogens is 1. The second kappa shape index (κ2) is 3.97. The van der Waals surface area contributed by atoms with E-state index in [0.717, 1.165) is 26.5 Å². The van der Waals surface area contributed by atoms with Crippen LogP contribution in [0, 0.1) is 0 Å². The van der Waals surface area contributed by atoms with Crippen molar-refractivity contribution in [3.05, 3.63) is 36.4 Å². The highest BCUT2D eigenvalue weighted by molar-refractivity contribution is 8.00. The van der Waals surface area contributed by atoms with Gasteiger partial charge in [0.15, 0.2) is 4.34 Å². The van der Waals surface area contributed by atoms with E-state index in [2.05, 4.69) is 4.98 Å². The quantitative estimate of drug-likeness (QED) is 0.615. The van der Waals surface area contributed by atoms with Crippen LogP contribution in [0.2, 0.25) is 0 Å². The second-order valence-corrected chi connectivity index (χ2v) is 5.57. The van der Waals surface area contributed by atoms with E-state index in [1.165, 1.54) is 23.5 Å². The van der Waals surface area contributed by atoms with Crippen molar-refractivity contribution < 1.29 is 9.59 Å². The van der Waals surface area contributed by atoms with Gasteiger partial charge in [-0.3, -0.25) is 9.59 Å². The van der Waals surface area contributed by atoms with Gasteiger partial charge in [0, 0.05) is 24.1 Å². The van der Waals surface area contributed by atoms with E-state index < -0.39 is 0 Å². The molecule has 0 fully saturated rings. The molecule has 1 aromatic heterocycles. The van der Waals surface area contributed by atoms with Gasteiger partial charge in [0.25, 0.3) is 11.8 Å². The molecule has 0 radical (unpaired) electrons. The fourth-order valence-corrected chi connectivity index (χ4v) is 3.38. The second-order valence-electron chi connectivity index (χ2n) is 3.34. The van der Waals surface area contributed by atoms with Crippen LogP contribution in [-0.2, 0) is 9.59 Å². The van der Waals surface area contributed by atoms with Crippen LogP contribution >= 0.6 is 23.3 Å². The molecule has 0 saturated heterocycles. The molecule has 2 heterocycles. The monoisotopic (exact) mass is 262 g/mol. The van der Waals surface area contributed by atoms with Gasteiger partial charge in [-0.15, -0.1) is 11.3 Å². The molecule has 1 aliphatic rings. The van der Waals surface area contributed by atoms with Crippen LogP contribution in [0.3, 0.4) is 0 Å². The summed E-state index contributed by atoms with van der Waals surface area (Å²) in [7, 11) is 0. The molecule has 4 nitrogen and oxygen atoms in total. The number of hydrogen-bond acceptors (Lipinski definition) is 5. The van der Waals surface area contributed by atoms with Crippen LogP contribution in [0.1, 0.15) is 0 Å². The van der Waals surface area contributed by atoms with Crippen LogP contribution in [-0.4, -0.2) is 21.1 Å². The molecule has 0 aliphatic carbocycles. The number of imide groups is 1. The highest BCUT2D eigenvalue weighted by atomic mass is 32.2. The minimum absolute atomic E-state index is 0.306. The number of carbonyl (C=O) groups excluding carboxylic acids is 2. The van der Waals surface area contributed by atoms with Crippen molar-refractivity contribution in [2.45, 2.75) is 4.34 Å². The van der Waals surface area contributed by atoms with Crippen LogP contribution in [0.15, 0.2) is 40.8 Å². The Kier molecular flexibility index (Phi) is 2.45. The van der Waals surface area contributed by atoms with Gasteiger partial charge in [0.2, 0.25) is 0 Å². The van der Waals surface area contributed by atoms with Crippen LogP contribution in [0.5, 0.6) is 0 Å². The molecule has 0 atom stereocenters. The molecule has 0 spiro atoms. The summed E-state index contributed by atoms with van der Waals surface area (Å²) in [4.78, 5) is 27.1. The van der Waals surface area contributed by atoms with Crippen molar-refractivity contribution >= 4 is 45.3 Å². The van der Waals surface area contributed by atoms with E-state index in [4.69, 9.17) is 0 Å². The van der Waals surface area contributed by atoms with E-state index in [0.29, 0.717) is 4.34 Å². The number of para-hydroxylation sites is 1.